The van der Waals surface area contributed by atoms with Crippen LogP contribution < -0.4 is 0 Å². The van der Waals surface area contributed by atoms with Crippen LogP contribution in [0.4, 0.5) is 8.78 Å². The van der Waals surface area contributed by atoms with Gasteiger partial charge < -0.3 is 10.0 Å². The van der Waals surface area contributed by atoms with Crippen molar-refractivity contribution in [3.05, 3.63) is 59.2 Å². The van der Waals surface area contributed by atoms with Gasteiger partial charge in [-0.25, -0.2) is 13.6 Å². The smallest absolute Gasteiger partial charge is 0.338 e. The lowest BCUT2D eigenvalue weighted by Crippen LogP contribution is -2.15. The van der Waals surface area contributed by atoms with Crippen LogP contribution in [0.1, 0.15) is 15.9 Å². The fourth-order valence-electron chi connectivity index (χ4n) is 2.12. The number of carbonyl (C=O) groups is 2. The van der Waals surface area contributed by atoms with E-state index in [0.717, 1.165) is 12.1 Å². The Morgan fingerprint density at radius 3 is 2.55 bits per heavy atom. The lowest BCUT2D eigenvalue weighted by molar-refractivity contribution is -0.117. The number of carbonyl (C=O) groups excluding carboxylic acids is 1. The number of amides is 1. The summed E-state index contributed by atoms with van der Waals surface area (Å²) in [5.41, 5.74) is 0.922. The molecule has 4 nitrogen and oxygen atoms in total. The Hall–Kier alpha value is -2.76. The maximum Gasteiger partial charge on any atom is 0.338 e. The molecule has 0 fully saturated rings. The number of benzene rings is 2. The highest BCUT2D eigenvalue weighted by molar-refractivity contribution is 5.88. The van der Waals surface area contributed by atoms with E-state index >= 15 is 0 Å². The summed E-state index contributed by atoms with van der Waals surface area (Å²) >= 11 is 0. The van der Waals surface area contributed by atoms with Gasteiger partial charge in [0.2, 0.25) is 6.41 Å². The van der Waals surface area contributed by atoms with Crippen LogP contribution in [0.25, 0.3) is 11.1 Å². The van der Waals surface area contributed by atoms with Crippen molar-refractivity contribution in [2.24, 2.45) is 0 Å². The molecule has 0 aliphatic heterocycles. The van der Waals surface area contributed by atoms with Crippen LogP contribution in [0.5, 0.6) is 0 Å². The monoisotopic (exact) mass is 305 g/mol. The Morgan fingerprint density at radius 2 is 1.95 bits per heavy atom. The Bertz CT molecular complexity index is 731. The van der Waals surface area contributed by atoms with Crippen LogP contribution in [0, 0.1) is 11.6 Å². The third-order valence-electron chi connectivity index (χ3n) is 3.18. The highest BCUT2D eigenvalue weighted by Gasteiger charge is 2.14. The minimum atomic E-state index is -1.37. The van der Waals surface area contributed by atoms with Crippen molar-refractivity contribution in [3.8, 4) is 11.1 Å². The van der Waals surface area contributed by atoms with E-state index in [-0.39, 0.29) is 6.54 Å². The highest BCUT2D eigenvalue weighted by atomic mass is 19.1. The van der Waals surface area contributed by atoms with Crippen molar-refractivity contribution in [2.45, 2.75) is 6.54 Å². The molecule has 114 valence electrons. The SMILES string of the molecule is CN(C=O)Cc1ccc(F)cc1-c1ccc(C(=O)O)c(F)c1. The zero-order chi connectivity index (χ0) is 16.3. The van der Waals surface area contributed by atoms with Gasteiger partial charge >= 0.3 is 5.97 Å². The van der Waals surface area contributed by atoms with Gasteiger partial charge in [-0.1, -0.05) is 12.1 Å². The summed E-state index contributed by atoms with van der Waals surface area (Å²) < 4.78 is 27.3. The summed E-state index contributed by atoms with van der Waals surface area (Å²) in [5.74, 6) is -2.77. The summed E-state index contributed by atoms with van der Waals surface area (Å²) in [7, 11) is 1.56. The lowest BCUT2D eigenvalue weighted by atomic mass is 9.98. The van der Waals surface area contributed by atoms with E-state index in [1.54, 1.807) is 7.05 Å². The Balaban J connectivity index is 2.51. The van der Waals surface area contributed by atoms with Crippen LogP contribution in [-0.2, 0) is 11.3 Å². The fraction of sp³-hybridized carbons (Fsp3) is 0.125. The molecular formula is C16H13F2NO3. The molecule has 0 heterocycles. The molecule has 6 heteroatoms. The third-order valence-corrected chi connectivity index (χ3v) is 3.18. The fourth-order valence-corrected chi connectivity index (χ4v) is 2.12. The van der Waals surface area contributed by atoms with E-state index in [1.807, 2.05) is 0 Å². The molecule has 2 aromatic rings. The minimum Gasteiger partial charge on any atom is -0.478 e. The van der Waals surface area contributed by atoms with E-state index < -0.39 is 23.2 Å². The highest BCUT2D eigenvalue weighted by Crippen LogP contribution is 2.27. The molecule has 0 spiro atoms. The molecule has 0 atom stereocenters. The minimum absolute atomic E-state index is 0.224. The van der Waals surface area contributed by atoms with Crippen LogP contribution in [0.3, 0.4) is 0 Å². The predicted molar refractivity (Wildman–Crippen MR) is 76.3 cm³/mol. The zero-order valence-corrected chi connectivity index (χ0v) is 11.7. The summed E-state index contributed by atoms with van der Waals surface area (Å²) in [6.45, 7) is 0.224. The van der Waals surface area contributed by atoms with Gasteiger partial charge in [-0.05, 0) is 41.0 Å². The van der Waals surface area contributed by atoms with Gasteiger partial charge in [0, 0.05) is 13.6 Å². The van der Waals surface area contributed by atoms with Crippen LogP contribution in [-0.4, -0.2) is 29.4 Å². The molecule has 1 N–H and O–H groups in total. The number of rotatable bonds is 5. The summed E-state index contributed by atoms with van der Waals surface area (Å²) in [4.78, 5) is 22.9. The number of carboxylic acids is 1. The molecule has 0 aliphatic carbocycles. The number of halogens is 2. The number of nitrogens with zero attached hydrogens (tertiary/aromatic N) is 1. The molecule has 1 amide bonds. The molecule has 2 rings (SSSR count). The maximum absolute atomic E-state index is 13.8. The average molecular weight is 305 g/mol. The normalized spacial score (nSPS) is 10.3. The van der Waals surface area contributed by atoms with Gasteiger partial charge in [-0.15, -0.1) is 0 Å². The first kappa shape index (κ1) is 15.6. The predicted octanol–water partition coefficient (Wildman–Crippen LogP) is 2.92. The molecule has 2 aromatic carbocycles. The Labute approximate surface area is 125 Å². The van der Waals surface area contributed by atoms with E-state index in [9.17, 15) is 18.4 Å². The molecular weight excluding hydrogens is 292 g/mol. The number of hydrogen-bond acceptors (Lipinski definition) is 2. The number of carboxylic acid groups (broad SMARTS) is 1. The van der Waals surface area contributed by atoms with E-state index in [2.05, 4.69) is 0 Å². The van der Waals surface area contributed by atoms with Crippen molar-refractivity contribution in [3.63, 3.8) is 0 Å². The first-order chi connectivity index (χ1) is 10.4. The molecule has 0 saturated heterocycles. The molecule has 0 aliphatic rings. The lowest BCUT2D eigenvalue weighted by Gasteiger charge is -2.15. The van der Waals surface area contributed by atoms with E-state index in [1.165, 1.54) is 29.2 Å². The molecule has 0 aromatic heterocycles. The second-order valence-electron chi connectivity index (χ2n) is 4.82. The van der Waals surface area contributed by atoms with Crippen molar-refractivity contribution < 1.29 is 23.5 Å². The zero-order valence-electron chi connectivity index (χ0n) is 11.7. The van der Waals surface area contributed by atoms with Crippen molar-refractivity contribution in [2.75, 3.05) is 7.05 Å². The van der Waals surface area contributed by atoms with Gasteiger partial charge in [0.15, 0.2) is 0 Å². The molecule has 0 saturated carbocycles. The first-order valence-electron chi connectivity index (χ1n) is 6.39. The van der Waals surface area contributed by atoms with Crippen molar-refractivity contribution in [1.29, 1.82) is 0 Å². The molecule has 0 bridgehead atoms. The first-order valence-corrected chi connectivity index (χ1v) is 6.39. The van der Waals surface area contributed by atoms with Crippen LogP contribution >= 0.6 is 0 Å². The average Bonchev–Trinajstić information content (AvgIpc) is 2.48. The van der Waals surface area contributed by atoms with Gasteiger partial charge in [-0.3, -0.25) is 4.79 Å². The third kappa shape index (κ3) is 3.28. The van der Waals surface area contributed by atoms with Gasteiger partial charge in [0.1, 0.15) is 11.6 Å². The van der Waals surface area contributed by atoms with Gasteiger partial charge in [0.05, 0.1) is 5.56 Å². The van der Waals surface area contributed by atoms with Crippen molar-refractivity contribution in [1.82, 2.24) is 4.90 Å². The van der Waals surface area contributed by atoms with Gasteiger partial charge in [-0.2, -0.15) is 0 Å². The van der Waals surface area contributed by atoms with Crippen molar-refractivity contribution >= 4 is 12.4 Å². The van der Waals surface area contributed by atoms with Crippen LogP contribution in [0.15, 0.2) is 36.4 Å². The largest absolute Gasteiger partial charge is 0.478 e. The number of aromatic carboxylic acids is 1. The Kier molecular flexibility index (Phi) is 4.50. The number of hydrogen-bond donors (Lipinski definition) is 1. The van der Waals surface area contributed by atoms with Crippen LogP contribution in [0.2, 0.25) is 0 Å². The summed E-state index contributed by atoms with van der Waals surface area (Å²) in [6, 6.07) is 7.57. The summed E-state index contributed by atoms with van der Waals surface area (Å²) in [5, 5.41) is 8.83. The topological polar surface area (TPSA) is 57.6 Å². The second kappa shape index (κ2) is 6.34. The molecule has 22 heavy (non-hydrogen) atoms. The maximum atomic E-state index is 13.8. The second-order valence-corrected chi connectivity index (χ2v) is 4.82. The summed E-state index contributed by atoms with van der Waals surface area (Å²) in [6.07, 6.45) is 0.626. The molecule has 0 radical (unpaired) electrons. The molecule has 0 unspecified atom stereocenters. The Morgan fingerprint density at radius 1 is 1.23 bits per heavy atom. The van der Waals surface area contributed by atoms with Gasteiger partial charge in [0.25, 0.3) is 0 Å². The quantitative estimate of drug-likeness (QED) is 0.864. The van der Waals surface area contributed by atoms with E-state index in [0.29, 0.717) is 23.1 Å². The van der Waals surface area contributed by atoms with E-state index in [4.69, 9.17) is 5.11 Å². The standard InChI is InChI=1S/C16H13F2NO3/c1-19(9-20)8-11-2-4-12(17)7-14(11)10-3-5-13(16(21)22)15(18)6-10/h2-7,9H,8H2,1H3,(H,21,22).